The second-order valence-corrected chi connectivity index (χ2v) is 8.65. The smallest absolute Gasteiger partial charge is 0.262 e. The molecule has 29 heavy (non-hydrogen) atoms. The Balaban J connectivity index is 1.61. The molecule has 7 heteroatoms. The van der Waals surface area contributed by atoms with Gasteiger partial charge < -0.3 is 15.0 Å². The zero-order valence-electron chi connectivity index (χ0n) is 16.5. The molecule has 0 fully saturated rings. The fourth-order valence-corrected chi connectivity index (χ4v) is 5.44. The molecule has 1 aliphatic carbocycles. The molecule has 1 atom stereocenters. The van der Waals surface area contributed by atoms with Crippen molar-refractivity contribution in [2.75, 3.05) is 18.0 Å². The molecule has 0 unspecified atom stereocenters. The van der Waals surface area contributed by atoms with Crippen molar-refractivity contribution in [2.45, 2.75) is 45.1 Å². The van der Waals surface area contributed by atoms with Gasteiger partial charge in [0.05, 0.1) is 17.6 Å². The number of carbonyl (C=O) groups excluding carboxylic acids is 1. The van der Waals surface area contributed by atoms with Crippen LogP contribution in [0.15, 0.2) is 30.6 Å². The van der Waals surface area contributed by atoms with Crippen LogP contribution in [0.5, 0.6) is 5.75 Å². The second kappa shape index (κ2) is 7.63. The van der Waals surface area contributed by atoms with Crippen LogP contribution in [0, 0.1) is 0 Å². The summed E-state index contributed by atoms with van der Waals surface area (Å²) in [7, 11) is 0. The lowest BCUT2D eigenvalue weighted by atomic mass is 9.96. The highest BCUT2D eigenvalue weighted by Gasteiger charge is 2.33. The molecule has 2 aromatic heterocycles. The summed E-state index contributed by atoms with van der Waals surface area (Å²) in [5.41, 5.74) is 2.34. The van der Waals surface area contributed by atoms with Crippen molar-refractivity contribution < 1.29 is 9.53 Å². The van der Waals surface area contributed by atoms with E-state index in [0.29, 0.717) is 18.8 Å². The summed E-state index contributed by atoms with van der Waals surface area (Å²) in [4.78, 5) is 26.6. The maximum Gasteiger partial charge on any atom is 0.262 e. The van der Waals surface area contributed by atoms with E-state index >= 15 is 0 Å². The monoisotopic (exact) mass is 408 g/mol. The van der Waals surface area contributed by atoms with E-state index in [-0.39, 0.29) is 5.91 Å². The normalized spacial score (nSPS) is 18.1. The van der Waals surface area contributed by atoms with Gasteiger partial charge in [0.2, 0.25) is 0 Å². The van der Waals surface area contributed by atoms with E-state index in [1.54, 1.807) is 17.7 Å². The minimum Gasteiger partial charge on any atom is -0.477 e. The summed E-state index contributed by atoms with van der Waals surface area (Å²) >= 11 is 1.79. The molecule has 150 valence electrons. The lowest BCUT2D eigenvalue weighted by molar-refractivity contribution is -0.127. The SMILES string of the molecule is CCCNC(=O)[C@@H]1CN(c2ncnc3sc4c(c23)CCCC4)c2ccccc2O1. The summed E-state index contributed by atoms with van der Waals surface area (Å²) < 4.78 is 6.05. The summed E-state index contributed by atoms with van der Waals surface area (Å²) in [5.74, 6) is 1.52. The lowest BCUT2D eigenvalue weighted by Gasteiger charge is -2.35. The maximum absolute atomic E-state index is 12.7. The molecular weight excluding hydrogens is 384 g/mol. The fraction of sp³-hybridized carbons (Fsp3) is 0.409. The number of nitrogens with zero attached hydrogens (tertiary/aromatic N) is 3. The predicted molar refractivity (Wildman–Crippen MR) is 115 cm³/mol. The van der Waals surface area contributed by atoms with Crippen LogP contribution in [0.4, 0.5) is 11.5 Å². The first-order chi connectivity index (χ1) is 14.3. The number of anilines is 2. The average Bonchev–Trinajstić information content (AvgIpc) is 3.15. The van der Waals surface area contributed by atoms with Crippen molar-refractivity contribution in [3.63, 3.8) is 0 Å². The molecular formula is C22H24N4O2S. The van der Waals surface area contributed by atoms with Crippen molar-refractivity contribution in [3.8, 4) is 5.75 Å². The number of benzene rings is 1. The van der Waals surface area contributed by atoms with Crippen molar-refractivity contribution in [1.82, 2.24) is 15.3 Å². The third-order valence-corrected chi connectivity index (χ3v) is 6.80. The molecule has 5 rings (SSSR count). The molecule has 0 saturated carbocycles. The van der Waals surface area contributed by atoms with Crippen LogP contribution in [-0.4, -0.2) is 35.1 Å². The largest absolute Gasteiger partial charge is 0.477 e. The van der Waals surface area contributed by atoms with Crippen LogP contribution in [-0.2, 0) is 17.6 Å². The quantitative estimate of drug-likeness (QED) is 0.707. The van der Waals surface area contributed by atoms with E-state index in [1.165, 1.54) is 23.3 Å². The summed E-state index contributed by atoms with van der Waals surface area (Å²) in [6.07, 6.45) is 6.60. The standard InChI is InChI=1S/C22H24N4O2S/c1-2-11-23-21(27)17-12-26(15-8-4-5-9-16(15)28-17)20-19-14-7-3-6-10-18(14)29-22(19)25-13-24-20/h4-5,8-9,13,17H,2-3,6-7,10-12H2,1H3,(H,23,27)/t17-/m0/s1. The Labute approximate surface area is 173 Å². The summed E-state index contributed by atoms with van der Waals surface area (Å²) in [6.45, 7) is 3.13. The molecule has 1 aliphatic heterocycles. The second-order valence-electron chi connectivity index (χ2n) is 7.56. The number of fused-ring (bicyclic) bond motifs is 4. The summed E-state index contributed by atoms with van der Waals surface area (Å²) in [5, 5.41) is 4.12. The summed E-state index contributed by atoms with van der Waals surface area (Å²) in [6, 6.07) is 7.88. The zero-order valence-corrected chi connectivity index (χ0v) is 17.3. The molecule has 1 N–H and O–H groups in total. The molecule has 1 amide bonds. The van der Waals surface area contributed by atoms with Crippen LogP contribution in [0.1, 0.15) is 36.6 Å². The zero-order chi connectivity index (χ0) is 19.8. The topological polar surface area (TPSA) is 67.4 Å². The average molecular weight is 409 g/mol. The van der Waals surface area contributed by atoms with Gasteiger partial charge in [-0.2, -0.15) is 0 Å². The number of ether oxygens (including phenoxy) is 1. The molecule has 2 aliphatic rings. The van der Waals surface area contributed by atoms with Gasteiger partial charge in [0.15, 0.2) is 6.10 Å². The van der Waals surface area contributed by atoms with Crippen LogP contribution in [0.25, 0.3) is 10.2 Å². The third-order valence-electron chi connectivity index (χ3n) is 5.60. The first-order valence-electron chi connectivity index (χ1n) is 10.3. The van der Waals surface area contributed by atoms with Gasteiger partial charge in [0, 0.05) is 11.4 Å². The van der Waals surface area contributed by atoms with Crippen LogP contribution >= 0.6 is 11.3 Å². The third kappa shape index (κ3) is 3.23. The highest BCUT2D eigenvalue weighted by atomic mass is 32.1. The van der Waals surface area contributed by atoms with Gasteiger partial charge in [-0.25, -0.2) is 9.97 Å². The Morgan fingerprint density at radius 3 is 3.03 bits per heavy atom. The van der Waals surface area contributed by atoms with E-state index in [2.05, 4.69) is 15.2 Å². The molecule has 1 aromatic carbocycles. The molecule has 0 bridgehead atoms. The van der Waals surface area contributed by atoms with Crippen LogP contribution in [0.3, 0.4) is 0 Å². The predicted octanol–water partition coefficient (Wildman–Crippen LogP) is 4.00. The Kier molecular flexibility index (Phi) is 4.83. The van der Waals surface area contributed by atoms with Gasteiger partial charge >= 0.3 is 0 Å². The Morgan fingerprint density at radius 2 is 2.14 bits per heavy atom. The van der Waals surface area contributed by atoms with E-state index < -0.39 is 6.10 Å². The van der Waals surface area contributed by atoms with E-state index in [9.17, 15) is 4.79 Å². The molecule has 0 spiro atoms. The molecule has 6 nitrogen and oxygen atoms in total. The Bertz CT molecular complexity index is 1060. The molecule has 3 heterocycles. The number of rotatable bonds is 4. The Morgan fingerprint density at radius 1 is 1.28 bits per heavy atom. The van der Waals surface area contributed by atoms with Crippen molar-refractivity contribution in [2.24, 2.45) is 0 Å². The number of nitrogens with one attached hydrogen (secondary N) is 1. The lowest BCUT2D eigenvalue weighted by Crippen LogP contribution is -2.48. The van der Waals surface area contributed by atoms with Crippen molar-refractivity contribution in [1.29, 1.82) is 0 Å². The number of aromatic nitrogens is 2. The molecule has 0 radical (unpaired) electrons. The van der Waals surface area contributed by atoms with Gasteiger partial charge in [-0.15, -0.1) is 11.3 Å². The van der Waals surface area contributed by atoms with Gasteiger partial charge in [-0.05, 0) is 49.8 Å². The number of aryl methyl sites for hydroxylation is 2. The maximum atomic E-state index is 12.7. The van der Waals surface area contributed by atoms with E-state index in [4.69, 9.17) is 9.72 Å². The van der Waals surface area contributed by atoms with Gasteiger partial charge in [-0.3, -0.25) is 4.79 Å². The van der Waals surface area contributed by atoms with Gasteiger partial charge in [0.25, 0.3) is 5.91 Å². The first-order valence-corrected chi connectivity index (χ1v) is 11.1. The van der Waals surface area contributed by atoms with E-state index in [0.717, 1.165) is 41.0 Å². The molecule has 3 aromatic rings. The highest BCUT2D eigenvalue weighted by molar-refractivity contribution is 7.19. The van der Waals surface area contributed by atoms with Crippen molar-refractivity contribution in [3.05, 3.63) is 41.0 Å². The highest BCUT2D eigenvalue weighted by Crippen LogP contribution is 2.44. The van der Waals surface area contributed by atoms with Gasteiger partial charge in [0.1, 0.15) is 22.7 Å². The number of hydrogen-bond acceptors (Lipinski definition) is 6. The minimum absolute atomic E-state index is 0.0796. The number of thiophene rings is 1. The number of hydrogen-bond donors (Lipinski definition) is 1. The molecule has 0 saturated heterocycles. The number of para-hydroxylation sites is 2. The minimum atomic E-state index is -0.573. The van der Waals surface area contributed by atoms with Gasteiger partial charge in [-0.1, -0.05) is 19.1 Å². The van der Waals surface area contributed by atoms with E-state index in [1.807, 2.05) is 31.2 Å². The van der Waals surface area contributed by atoms with Crippen molar-refractivity contribution >= 4 is 39.0 Å². The van der Waals surface area contributed by atoms with Crippen LogP contribution < -0.4 is 15.0 Å². The first kappa shape index (κ1) is 18.4. The van der Waals surface area contributed by atoms with Crippen LogP contribution in [0.2, 0.25) is 0 Å². The Hall–Kier alpha value is -2.67. The number of carbonyl (C=O) groups is 1. The number of amides is 1. The fourth-order valence-electron chi connectivity index (χ4n) is 4.21.